The Hall–Kier alpha value is -1.46. The summed E-state index contributed by atoms with van der Waals surface area (Å²) in [5, 5.41) is 8.91. The second-order valence-electron chi connectivity index (χ2n) is 2.55. The van der Waals surface area contributed by atoms with Gasteiger partial charge in [-0.15, -0.1) is 0 Å². The molecular weight excluding hydrogens is 184 g/mol. The monoisotopic (exact) mass is 192 g/mol. The van der Waals surface area contributed by atoms with Crippen LogP contribution in [0.1, 0.15) is 12.0 Å². The second-order valence-corrected chi connectivity index (χ2v) is 2.95. The molecule has 0 heterocycles. The minimum atomic E-state index is 0.390. The summed E-state index contributed by atoms with van der Waals surface area (Å²) in [5.74, 6) is 0. The fourth-order valence-electron chi connectivity index (χ4n) is 0.917. The van der Waals surface area contributed by atoms with Gasteiger partial charge < -0.3 is 5.73 Å². The van der Waals surface area contributed by atoms with Crippen molar-refractivity contribution in [1.29, 1.82) is 5.26 Å². The summed E-state index contributed by atoms with van der Waals surface area (Å²) < 4.78 is 0. The van der Waals surface area contributed by atoms with Crippen LogP contribution >= 0.6 is 11.6 Å². The molecule has 2 nitrogen and oxygen atoms in total. The van der Waals surface area contributed by atoms with Gasteiger partial charge in [0.1, 0.15) is 0 Å². The van der Waals surface area contributed by atoms with Gasteiger partial charge in [0.2, 0.25) is 0 Å². The molecule has 3 heteroatoms. The smallest absolute Gasteiger partial charge is 0.0663 e. The fraction of sp³-hybridized carbons (Fsp3) is 0.100. The molecule has 0 saturated carbocycles. The van der Waals surface area contributed by atoms with E-state index >= 15 is 0 Å². The normalized spacial score (nSPS) is 10.2. The van der Waals surface area contributed by atoms with Crippen molar-refractivity contribution in [1.82, 2.24) is 0 Å². The molecule has 0 bridgehead atoms. The average molecular weight is 193 g/mol. The number of halogens is 1. The van der Waals surface area contributed by atoms with Crippen LogP contribution < -0.4 is 5.73 Å². The molecule has 0 aliphatic carbocycles. The highest BCUT2D eigenvalue weighted by Gasteiger charge is 1.95. The first-order chi connectivity index (χ1) is 6.24. The molecule has 2 N–H and O–H groups in total. The number of nitrogens with two attached hydrogens (primary N) is 1. The van der Waals surface area contributed by atoms with E-state index in [2.05, 4.69) is 0 Å². The molecule has 1 aromatic carbocycles. The quantitative estimate of drug-likeness (QED) is 0.733. The lowest BCUT2D eigenvalue weighted by Crippen LogP contribution is -1.84. The summed E-state index contributed by atoms with van der Waals surface area (Å²) in [6.07, 6.45) is 3.96. The minimum absolute atomic E-state index is 0.390. The third-order valence-electron chi connectivity index (χ3n) is 1.53. The van der Waals surface area contributed by atoms with E-state index in [9.17, 15) is 0 Å². The lowest BCUT2D eigenvalue weighted by atomic mass is 10.2. The number of hydrogen-bond acceptors (Lipinski definition) is 2. The highest BCUT2D eigenvalue weighted by molar-refractivity contribution is 6.32. The van der Waals surface area contributed by atoms with Crippen LogP contribution in [0, 0.1) is 11.3 Å². The fourth-order valence-corrected chi connectivity index (χ4v) is 1.17. The van der Waals surface area contributed by atoms with Crippen molar-refractivity contribution < 1.29 is 0 Å². The Morgan fingerprint density at radius 3 is 2.92 bits per heavy atom. The van der Waals surface area contributed by atoms with Crippen molar-refractivity contribution in [3.05, 3.63) is 34.9 Å². The average Bonchev–Trinajstić information content (AvgIpc) is 2.09. The molecule has 0 aliphatic rings. The second kappa shape index (κ2) is 4.54. The molecule has 66 valence electrons. The van der Waals surface area contributed by atoms with Crippen molar-refractivity contribution in [2.45, 2.75) is 6.42 Å². The molecule has 0 aliphatic heterocycles. The lowest BCUT2D eigenvalue weighted by Gasteiger charge is -1.98. The topological polar surface area (TPSA) is 49.8 Å². The van der Waals surface area contributed by atoms with Crippen molar-refractivity contribution in [2.24, 2.45) is 0 Å². The number of allylic oxidation sites excluding steroid dienone is 1. The van der Waals surface area contributed by atoms with Gasteiger partial charge in [-0.05, 0) is 17.7 Å². The number of nitrogens with zero attached hydrogens (tertiary/aromatic N) is 1. The summed E-state index contributed by atoms with van der Waals surface area (Å²) in [4.78, 5) is 0. The van der Waals surface area contributed by atoms with Crippen molar-refractivity contribution in [3.63, 3.8) is 0 Å². The molecule has 0 aromatic heterocycles. The van der Waals surface area contributed by atoms with Crippen LogP contribution in [0.3, 0.4) is 0 Å². The Labute approximate surface area is 82.2 Å². The predicted octanol–water partition coefficient (Wildman–Crippen LogP) is 2.85. The first-order valence-corrected chi connectivity index (χ1v) is 4.20. The van der Waals surface area contributed by atoms with Gasteiger partial charge in [-0.3, -0.25) is 0 Å². The predicted molar refractivity (Wildman–Crippen MR) is 55.1 cm³/mol. The first-order valence-electron chi connectivity index (χ1n) is 3.82. The highest BCUT2D eigenvalue weighted by atomic mass is 35.5. The van der Waals surface area contributed by atoms with E-state index in [4.69, 9.17) is 22.6 Å². The zero-order chi connectivity index (χ0) is 9.68. The highest BCUT2D eigenvalue weighted by Crippen LogP contribution is 2.20. The van der Waals surface area contributed by atoms with Crippen LogP contribution in [-0.4, -0.2) is 0 Å². The van der Waals surface area contributed by atoms with E-state index in [1.165, 1.54) is 0 Å². The van der Waals surface area contributed by atoms with Crippen LogP contribution in [0.25, 0.3) is 6.08 Å². The summed E-state index contributed by atoms with van der Waals surface area (Å²) in [6, 6.07) is 7.30. The maximum atomic E-state index is 8.30. The number of benzene rings is 1. The van der Waals surface area contributed by atoms with Crippen molar-refractivity contribution in [2.75, 3.05) is 5.73 Å². The Morgan fingerprint density at radius 1 is 1.54 bits per heavy atom. The first kappa shape index (κ1) is 9.63. The maximum absolute atomic E-state index is 8.30. The Balaban J connectivity index is 2.85. The standard InChI is InChI=1S/C10H9ClN2/c11-10-7-9(13)5-4-8(10)3-1-2-6-12/h1,3-5,7H,2,13H2. The maximum Gasteiger partial charge on any atom is 0.0663 e. The van der Waals surface area contributed by atoms with E-state index in [0.717, 1.165) is 5.56 Å². The van der Waals surface area contributed by atoms with Crippen LogP contribution in [0.15, 0.2) is 24.3 Å². The zero-order valence-corrected chi connectivity index (χ0v) is 7.75. The summed E-state index contributed by atoms with van der Waals surface area (Å²) in [7, 11) is 0. The van der Waals surface area contributed by atoms with Gasteiger partial charge in [-0.2, -0.15) is 5.26 Å². The number of rotatable bonds is 2. The van der Waals surface area contributed by atoms with Gasteiger partial charge in [0.05, 0.1) is 12.5 Å². The van der Waals surface area contributed by atoms with Crippen LogP contribution in [-0.2, 0) is 0 Å². The number of anilines is 1. The van der Waals surface area contributed by atoms with Gasteiger partial charge in [-0.25, -0.2) is 0 Å². The van der Waals surface area contributed by atoms with Gasteiger partial charge in [0.15, 0.2) is 0 Å². The number of hydrogen-bond donors (Lipinski definition) is 1. The van der Waals surface area contributed by atoms with E-state index in [0.29, 0.717) is 17.1 Å². The minimum Gasteiger partial charge on any atom is -0.399 e. The van der Waals surface area contributed by atoms with Gasteiger partial charge in [-0.1, -0.05) is 29.8 Å². The molecule has 13 heavy (non-hydrogen) atoms. The molecule has 0 unspecified atom stereocenters. The van der Waals surface area contributed by atoms with Gasteiger partial charge >= 0.3 is 0 Å². The van der Waals surface area contributed by atoms with Crippen molar-refractivity contribution >= 4 is 23.4 Å². The van der Waals surface area contributed by atoms with Gasteiger partial charge in [0, 0.05) is 10.7 Å². The summed E-state index contributed by atoms with van der Waals surface area (Å²) in [6.45, 7) is 0. The molecule has 0 fully saturated rings. The lowest BCUT2D eigenvalue weighted by molar-refractivity contribution is 1.36. The SMILES string of the molecule is N#CCC=Cc1ccc(N)cc1Cl. The third-order valence-corrected chi connectivity index (χ3v) is 1.86. The zero-order valence-electron chi connectivity index (χ0n) is 7.00. The molecule has 0 saturated heterocycles. The largest absolute Gasteiger partial charge is 0.399 e. The van der Waals surface area contributed by atoms with Crippen molar-refractivity contribution in [3.8, 4) is 6.07 Å². The van der Waals surface area contributed by atoms with Gasteiger partial charge in [0.25, 0.3) is 0 Å². The Kier molecular flexibility index (Phi) is 3.36. The Bertz CT molecular complexity index is 364. The van der Waals surface area contributed by atoms with E-state index in [1.807, 2.05) is 18.2 Å². The molecular formula is C10H9ClN2. The molecule has 0 spiro atoms. The molecule has 0 amide bonds. The van der Waals surface area contributed by atoms with Crippen LogP contribution in [0.2, 0.25) is 5.02 Å². The molecule has 0 radical (unpaired) electrons. The van der Waals surface area contributed by atoms with Crippen LogP contribution in [0.4, 0.5) is 5.69 Å². The number of nitrogen functional groups attached to an aromatic ring is 1. The van der Waals surface area contributed by atoms with E-state index < -0.39 is 0 Å². The third kappa shape index (κ3) is 2.81. The number of nitriles is 1. The van der Waals surface area contributed by atoms with E-state index in [-0.39, 0.29) is 0 Å². The Morgan fingerprint density at radius 2 is 2.31 bits per heavy atom. The summed E-state index contributed by atoms with van der Waals surface area (Å²) in [5.41, 5.74) is 7.04. The molecule has 0 atom stereocenters. The van der Waals surface area contributed by atoms with Crippen LogP contribution in [0.5, 0.6) is 0 Å². The molecule has 1 aromatic rings. The summed E-state index contributed by atoms with van der Waals surface area (Å²) >= 11 is 5.89. The molecule has 1 rings (SSSR count). The van der Waals surface area contributed by atoms with E-state index in [1.54, 1.807) is 18.2 Å².